The molecule has 88 valence electrons. The van der Waals surface area contributed by atoms with Crippen LogP contribution < -0.4 is 5.32 Å². The average molecular weight is 239 g/mol. The van der Waals surface area contributed by atoms with Crippen molar-refractivity contribution in [1.29, 1.82) is 0 Å². The minimum Gasteiger partial charge on any atom is -0.480 e. The summed E-state index contributed by atoms with van der Waals surface area (Å²) < 4.78 is 0. The second-order valence-corrected chi connectivity index (χ2v) is 5.28. The summed E-state index contributed by atoms with van der Waals surface area (Å²) in [5.41, 5.74) is 0. The SMILES string of the molecule is CCC(NC(C(=O)O)C1CC1)c1cccs1. The molecule has 1 fully saturated rings. The number of carbonyl (C=O) groups is 1. The van der Waals surface area contributed by atoms with Crippen molar-refractivity contribution in [1.82, 2.24) is 5.32 Å². The van der Waals surface area contributed by atoms with Crippen LogP contribution in [0, 0.1) is 5.92 Å². The van der Waals surface area contributed by atoms with Crippen molar-refractivity contribution in [3.63, 3.8) is 0 Å². The summed E-state index contributed by atoms with van der Waals surface area (Å²) in [6, 6.07) is 3.89. The van der Waals surface area contributed by atoms with Crippen LogP contribution in [0.1, 0.15) is 37.1 Å². The molecule has 1 heterocycles. The second kappa shape index (κ2) is 4.97. The van der Waals surface area contributed by atoms with Gasteiger partial charge >= 0.3 is 5.97 Å². The van der Waals surface area contributed by atoms with Crippen molar-refractivity contribution in [3.8, 4) is 0 Å². The van der Waals surface area contributed by atoms with Gasteiger partial charge in [-0.1, -0.05) is 13.0 Å². The van der Waals surface area contributed by atoms with Crippen LogP contribution in [-0.4, -0.2) is 17.1 Å². The van der Waals surface area contributed by atoms with Crippen LogP contribution in [0.3, 0.4) is 0 Å². The van der Waals surface area contributed by atoms with Gasteiger partial charge in [-0.15, -0.1) is 11.3 Å². The summed E-state index contributed by atoms with van der Waals surface area (Å²) in [5.74, 6) is -0.371. The first-order valence-corrected chi connectivity index (χ1v) is 6.62. The summed E-state index contributed by atoms with van der Waals surface area (Å²) in [5, 5.41) is 14.5. The Morgan fingerprint density at radius 1 is 1.69 bits per heavy atom. The Bertz CT molecular complexity index is 346. The van der Waals surface area contributed by atoms with Crippen LogP contribution in [0.2, 0.25) is 0 Å². The molecule has 1 aliphatic carbocycles. The molecule has 0 bridgehead atoms. The topological polar surface area (TPSA) is 49.3 Å². The van der Waals surface area contributed by atoms with E-state index in [0.29, 0.717) is 5.92 Å². The number of nitrogens with one attached hydrogen (secondary N) is 1. The van der Waals surface area contributed by atoms with E-state index in [9.17, 15) is 4.79 Å². The van der Waals surface area contributed by atoms with Gasteiger partial charge in [-0.05, 0) is 36.6 Å². The Morgan fingerprint density at radius 3 is 2.88 bits per heavy atom. The molecule has 1 aromatic rings. The lowest BCUT2D eigenvalue weighted by Crippen LogP contribution is -2.40. The molecule has 0 radical (unpaired) electrons. The molecule has 0 spiro atoms. The van der Waals surface area contributed by atoms with Gasteiger partial charge in [-0.25, -0.2) is 0 Å². The third-order valence-electron chi connectivity index (χ3n) is 3.04. The van der Waals surface area contributed by atoms with Gasteiger partial charge in [0.2, 0.25) is 0 Å². The summed E-state index contributed by atoms with van der Waals surface area (Å²) >= 11 is 1.69. The fourth-order valence-electron chi connectivity index (χ4n) is 1.95. The zero-order valence-corrected chi connectivity index (χ0v) is 10.2. The highest BCUT2D eigenvalue weighted by Gasteiger charge is 2.37. The van der Waals surface area contributed by atoms with E-state index in [4.69, 9.17) is 5.11 Å². The standard InChI is InChI=1S/C12H17NO2S/c1-2-9(10-4-3-7-16-10)13-11(12(14)15)8-5-6-8/h3-4,7-9,11,13H,2,5-6H2,1H3,(H,14,15). The Kier molecular flexibility index (Phi) is 3.61. The van der Waals surface area contributed by atoms with Crippen molar-refractivity contribution < 1.29 is 9.90 Å². The summed E-state index contributed by atoms with van der Waals surface area (Å²) in [7, 11) is 0. The highest BCUT2D eigenvalue weighted by Crippen LogP contribution is 2.34. The van der Waals surface area contributed by atoms with Gasteiger partial charge < -0.3 is 5.11 Å². The van der Waals surface area contributed by atoms with Gasteiger partial charge in [0, 0.05) is 10.9 Å². The molecular formula is C12H17NO2S. The summed E-state index contributed by atoms with van der Waals surface area (Å²) in [6.45, 7) is 2.09. The van der Waals surface area contributed by atoms with E-state index in [2.05, 4.69) is 18.3 Å². The zero-order valence-electron chi connectivity index (χ0n) is 9.35. The lowest BCUT2D eigenvalue weighted by atomic mass is 10.1. The minimum absolute atomic E-state index is 0.182. The molecule has 1 aromatic heterocycles. The number of rotatable bonds is 6. The van der Waals surface area contributed by atoms with Crippen LogP contribution in [0.5, 0.6) is 0 Å². The van der Waals surface area contributed by atoms with Crippen molar-refractivity contribution >= 4 is 17.3 Å². The Morgan fingerprint density at radius 2 is 2.44 bits per heavy atom. The van der Waals surface area contributed by atoms with Crippen molar-refractivity contribution in [2.24, 2.45) is 5.92 Å². The van der Waals surface area contributed by atoms with Crippen molar-refractivity contribution in [2.45, 2.75) is 38.3 Å². The first-order valence-electron chi connectivity index (χ1n) is 5.74. The highest BCUT2D eigenvalue weighted by molar-refractivity contribution is 7.10. The molecule has 0 aliphatic heterocycles. The molecule has 3 nitrogen and oxygen atoms in total. The minimum atomic E-state index is -0.711. The van der Waals surface area contributed by atoms with Crippen LogP contribution in [0.15, 0.2) is 17.5 Å². The molecule has 16 heavy (non-hydrogen) atoms. The normalized spacial score (nSPS) is 19.3. The third kappa shape index (κ3) is 2.62. The number of carboxylic acid groups (broad SMARTS) is 1. The van der Waals surface area contributed by atoms with Gasteiger partial charge in [-0.3, -0.25) is 10.1 Å². The van der Waals surface area contributed by atoms with E-state index < -0.39 is 5.97 Å². The van der Waals surface area contributed by atoms with Crippen molar-refractivity contribution in [3.05, 3.63) is 22.4 Å². The van der Waals surface area contributed by atoms with E-state index >= 15 is 0 Å². The lowest BCUT2D eigenvalue weighted by molar-refractivity contribution is -0.140. The van der Waals surface area contributed by atoms with Crippen LogP contribution >= 0.6 is 11.3 Å². The number of thiophene rings is 1. The van der Waals surface area contributed by atoms with Gasteiger partial charge in [0.1, 0.15) is 6.04 Å². The van der Waals surface area contributed by atoms with Crippen LogP contribution in [0.25, 0.3) is 0 Å². The summed E-state index contributed by atoms with van der Waals surface area (Å²) in [6.07, 6.45) is 3.02. The predicted molar refractivity (Wildman–Crippen MR) is 64.6 cm³/mol. The van der Waals surface area contributed by atoms with Gasteiger partial charge in [0.15, 0.2) is 0 Å². The van der Waals surface area contributed by atoms with Crippen LogP contribution in [0.4, 0.5) is 0 Å². The smallest absolute Gasteiger partial charge is 0.321 e. The van der Waals surface area contributed by atoms with E-state index in [1.165, 1.54) is 4.88 Å². The second-order valence-electron chi connectivity index (χ2n) is 4.30. The Labute approximate surface area is 99.5 Å². The Hall–Kier alpha value is -0.870. The molecule has 0 amide bonds. The van der Waals surface area contributed by atoms with E-state index in [1.807, 2.05) is 11.4 Å². The fourth-order valence-corrected chi connectivity index (χ4v) is 2.82. The number of aliphatic carboxylic acids is 1. The fraction of sp³-hybridized carbons (Fsp3) is 0.583. The lowest BCUT2D eigenvalue weighted by Gasteiger charge is -2.21. The van der Waals surface area contributed by atoms with E-state index in [1.54, 1.807) is 11.3 Å². The first kappa shape index (κ1) is 11.6. The molecule has 2 unspecified atom stereocenters. The molecule has 1 aliphatic rings. The Balaban J connectivity index is 2.02. The van der Waals surface area contributed by atoms with Gasteiger partial charge in [-0.2, -0.15) is 0 Å². The third-order valence-corrected chi connectivity index (χ3v) is 4.02. The number of hydrogen-bond donors (Lipinski definition) is 2. The monoisotopic (exact) mass is 239 g/mol. The van der Waals surface area contributed by atoms with Gasteiger partial charge in [0.25, 0.3) is 0 Å². The maximum Gasteiger partial charge on any atom is 0.321 e. The predicted octanol–water partition coefficient (Wildman–Crippen LogP) is 2.65. The van der Waals surface area contributed by atoms with E-state index in [-0.39, 0.29) is 12.1 Å². The first-order chi connectivity index (χ1) is 7.72. The molecule has 4 heteroatoms. The largest absolute Gasteiger partial charge is 0.480 e. The van der Waals surface area contributed by atoms with Crippen LogP contribution in [-0.2, 0) is 4.79 Å². The molecular weight excluding hydrogens is 222 g/mol. The molecule has 2 rings (SSSR count). The zero-order chi connectivity index (χ0) is 11.5. The highest BCUT2D eigenvalue weighted by atomic mass is 32.1. The molecule has 2 N–H and O–H groups in total. The van der Waals surface area contributed by atoms with E-state index in [0.717, 1.165) is 19.3 Å². The maximum absolute atomic E-state index is 11.1. The molecule has 2 atom stereocenters. The summed E-state index contributed by atoms with van der Waals surface area (Å²) in [4.78, 5) is 12.4. The maximum atomic E-state index is 11.1. The van der Waals surface area contributed by atoms with Crippen molar-refractivity contribution in [2.75, 3.05) is 0 Å². The number of hydrogen-bond acceptors (Lipinski definition) is 3. The molecule has 0 aromatic carbocycles. The average Bonchev–Trinajstić information content (AvgIpc) is 2.94. The molecule has 0 saturated heterocycles. The molecule has 1 saturated carbocycles. The number of carboxylic acids is 1. The quantitative estimate of drug-likeness (QED) is 0.802. The van der Waals surface area contributed by atoms with Gasteiger partial charge in [0.05, 0.1) is 0 Å².